The third-order valence-corrected chi connectivity index (χ3v) is 1.19. The molecule has 0 saturated heterocycles. The standard InChI is InChI=1S/C7H11N3.ClH/c1-9-5-6-3-2-4-7(8)10-6;/h2-4,9H,5H2,1H3,(H2,8,10);1H. The van der Waals surface area contributed by atoms with Crippen molar-refractivity contribution in [2.45, 2.75) is 6.54 Å². The Morgan fingerprint density at radius 2 is 2.27 bits per heavy atom. The van der Waals surface area contributed by atoms with Crippen molar-refractivity contribution in [1.82, 2.24) is 10.3 Å². The van der Waals surface area contributed by atoms with Gasteiger partial charge >= 0.3 is 0 Å². The average Bonchev–Trinajstić information content (AvgIpc) is 1.88. The summed E-state index contributed by atoms with van der Waals surface area (Å²) in [6.45, 7) is 0.769. The van der Waals surface area contributed by atoms with E-state index in [1.165, 1.54) is 0 Å². The van der Waals surface area contributed by atoms with Crippen molar-refractivity contribution < 1.29 is 0 Å². The molecule has 0 bridgehead atoms. The summed E-state index contributed by atoms with van der Waals surface area (Å²) >= 11 is 0. The Labute approximate surface area is 72.4 Å². The molecule has 1 heterocycles. The lowest BCUT2D eigenvalue weighted by atomic mass is 10.3. The predicted molar refractivity (Wildman–Crippen MR) is 48.7 cm³/mol. The van der Waals surface area contributed by atoms with Crippen LogP contribution in [0.1, 0.15) is 5.69 Å². The van der Waals surface area contributed by atoms with Crippen LogP contribution in [0.3, 0.4) is 0 Å². The van der Waals surface area contributed by atoms with Crippen molar-refractivity contribution in [1.29, 1.82) is 0 Å². The van der Waals surface area contributed by atoms with Gasteiger partial charge in [-0.2, -0.15) is 0 Å². The minimum absolute atomic E-state index is 0. The molecular weight excluding hydrogens is 162 g/mol. The van der Waals surface area contributed by atoms with Crippen molar-refractivity contribution in [3.05, 3.63) is 23.9 Å². The van der Waals surface area contributed by atoms with Gasteiger partial charge in [0.05, 0.1) is 5.69 Å². The van der Waals surface area contributed by atoms with Gasteiger partial charge < -0.3 is 11.1 Å². The molecule has 62 valence electrons. The maximum atomic E-state index is 5.45. The number of rotatable bonds is 2. The van der Waals surface area contributed by atoms with Gasteiger partial charge in [0.15, 0.2) is 0 Å². The van der Waals surface area contributed by atoms with Crippen molar-refractivity contribution in [2.75, 3.05) is 12.8 Å². The van der Waals surface area contributed by atoms with Crippen LogP contribution in [-0.4, -0.2) is 12.0 Å². The van der Waals surface area contributed by atoms with E-state index in [9.17, 15) is 0 Å². The Morgan fingerprint density at radius 1 is 1.55 bits per heavy atom. The summed E-state index contributed by atoms with van der Waals surface area (Å²) in [6, 6.07) is 5.61. The zero-order chi connectivity index (χ0) is 7.40. The van der Waals surface area contributed by atoms with Crippen LogP contribution in [0.4, 0.5) is 5.82 Å². The number of hydrogen-bond donors (Lipinski definition) is 2. The molecule has 0 radical (unpaired) electrons. The lowest BCUT2D eigenvalue weighted by molar-refractivity contribution is 0.793. The minimum atomic E-state index is 0. The monoisotopic (exact) mass is 173 g/mol. The highest BCUT2D eigenvalue weighted by atomic mass is 35.5. The van der Waals surface area contributed by atoms with E-state index in [1.54, 1.807) is 6.07 Å². The average molecular weight is 174 g/mol. The largest absolute Gasteiger partial charge is 0.384 e. The van der Waals surface area contributed by atoms with Gasteiger partial charge in [0.2, 0.25) is 0 Å². The van der Waals surface area contributed by atoms with Crippen LogP contribution in [0, 0.1) is 0 Å². The molecule has 0 amide bonds. The van der Waals surface area contributed by atoms with Crippen molar-refractivity contribution >= 4 is 18.2 Å². The number of nitrogens with zero attached hydrogens (tertiary/aromatic N) is 1. The van der Waals surface area contributed by atoms with Crippen molar-refractivity contribution in [3.63, 3.8) is 0 Å². The number of halogens is 1. The molecule has 0 aliphatic carbocycles. The second kappa shape index (κ2) is 4.93. The summed E-state index contributed by atoms with van der Waals surface area (Å²) in [5.41, 5.74) is 6.42. The molecule has 0 atom stereocenters. The van der Waals surface area contributed by atoms with E-state index in [0.717, 1.165) is 12.2 Å². The van der Waals surface area contributed by atoms with E-state index < -0.39 is 0 Å². The molecule has 0 spiro atoms. The van der Waals surface area contributed by atoms with E-state index in [4.69, 9.17) is 5.73 Å². The van der Waals surface area contributed by atoms with Crippen LogP contribution in [0.5, 0.6) is 0 Å². The van der Waals surface area contributed by atoms with E-state index in [1.807, 2.05) is 19.2 Å². The summed E-state index contributed by atoms with van der Waals surface area (Å²) < 4.78 is 0. The van der Waals surface area contributed by atoms with Gasteiger partial charge in [-0.1, -0.05) is 6.07 Å². The fraction of sp³-hybridized carbons (Fsp3) is 0.286. The molecule has 0 aliphatic heterocycles. The second-order valence-corrected chi connectivity index (χ2v) is 2.08. The Balaban J connectivity index is 0.000001000. The zero-order valence-corrected chi connectivity index (χ0v) is 7.19. The molecule has 0 fully saturated rings. The Hall–Kier alpha value is -0.800. The third-order valence-electron chi connectivity index (χ3n) is 1.19. The number of hydrogen-bond acceptors (Lipinski definition) is 3. The Morgan fingerprint density at radius 3 is 2.82 bits per heavy atom. The van der Waals surface area contributed by atoms with Gasteiger partial charge in [-0.15, -0.1) is 12.4 Å². The molecule has 0 saturated carbocycles. The third kappa shape index (κ3) is 3.20. The molecule has 3 N–H and O–H groups in total. The number of aromatic nitrogens is 1. The molecule has 1 aromatic rings. The van der Waals surface area contributed by atoms with E-state index in [2.05, 4.69) is 10.3 Å². The zero-order valence-electron chi connectivity index (χ0n) is 6.37. The SMILES string of the molecule is CNCc1cccc(N)n1.Cl. The second-order valence-electron chi connectivity index (χ2n) is 2.08. The van der Waals surface area contributed by atoms with Gasteiger partial charge in [0.25, 0.3) is 0 Å². The molecular formula is C7H12ClN3. The number of nitrogens with two attached hydrogens (primary N) is 1. The molecule has 1 aromatic heterocycles. The number of anilines is 1. The van der Waals surface area contributed by atoms with Gasteiger partial charge in [-0.05, 0) is 19.2 Å². The number of nitrogens with one attached hydrogen (secondary N) is 1. The molecule has 11 heavy (non-hydrogen) atoms. The minimum Gasteiger partial charge on any atom is -0.384 e. The smallest absolute Gasteiger partial charge is 0.123 e. The van der Waals surface area contributed by atoms with Crippen LogP contribution in [0.25, 0.3) is 0 Å². The molecule has 0 aromatic carbocycles. The van der Waals surface area contributed by atoms with E-state index in [0.29, 0.717) is 5.82 Å². The first-order chi connectivity index (χ1) is 4.83. The first-order valence-electron chi connectivity index (χ1n) is 3.19. The topological polar surface area (TPSA) is 50.9 Å². The molecule has 0 aliphatic rings. The summed E-state index contributed by atoms with van der Waals surface area (Å²) in [4.78, 5) is 4.08. The highest BCUT2D eigenvalue weighted by molar-refractivity contribution is 5.85. The number of nitrogen functional groups attached to an aromatic ring is 1. The van der Waals surface area contributed by atoms with Gasteiger partial charge in [-0.25, -0.2) is 4.98 Å². The molecule has 0 unspecified atom stereocenters. The van der Waals surface area contributed by atoms with Crippen LogP contribution in [0.2, 0.25) is 0 Å². The molecule has 1 rings (SSSR count). The fourth-order valence-corrected chi connectivity index (χ4v) is 0.778. The first kappa shape index (κ1) is 10.2. The number of pyridine rings is 1. The van der Waals surface area contributed by atoms with E-state index >= 15 is 0 Å². The highest BCUT2D eigenvalue weighted by Crippen LogP contribution is 1.98. The predicted octanol–water partition coefficient (Wildman–Crippen LogP) is 0.805. The quantitative estimate of drug-likeness (QED) is 0.696. The summed E-state index contributed by atoms with van der Waals surface area (Å²) in [5.74, 6) is 0.577. The first-order valence-corrected chi connectivity index (χ1v) is 3.19. The van der Waals surface area contributed by atoms with Gasteiger partial charge in [-0.3, -0.25) is 0 Å². The fourth-order valence-electron chi connectivity index (χ4n) is 0.778. The van der Waals surface area contributed by atoms with E-state index in [-0.39, 0.29) is 12.4 Å². The maximum absolute atomic E-state index is 5.45. The normalized spacial score (nSPS) is 8.82. The summed E-state index contributed by atoms with van der Waals surface area (Å²) in [6.07, 6.45) is 0. The molecule has 4 heteroatoms. The van der Waals surface area contributed by atoms with Gasteiger partial charge in [0, 0.05) is 6.54 Å². The van der Waals surface area contributed by atoms with Crippen molar-refractivity contribution in [3.8, 4) is 0 Å². The summed E-state index contributed by atoms with van der Waals surface area (Å²) in [7, 11) is 1.88. The van der Waals surface area contributed by atoms with Gasteiger partial charge in [0.1, 0.15) is 5.82 Å². The van der Waals surface area contributed by atoms with Crippen LogP contribution >= 0.6 is 12.4 Å². The Bertz CT molecular complexity index is 215. The Kier molecular flexibility index (Phi) is 4.57. The van der Waals surface area contributed by atoms with Crippen LogP contribution in [-0.2, 0) is 6.54 Å². The lowest BCUT2D eigenvalue weighted by Gasteiger charge is -1.98. The maximum Gasteiger partial charge on any atom is 0.123 e. The van der Waals surface area contributed by atoms with Crippen LogP contribution in [0.15, 0.2) is 18.2 Å². The highest BCUT2D eigenvalue weighted by Gasteiger charge is 1.90. The van der Waals surface area contributed by atoms with Crippen molar-refractivity contribution in [2.24, 2.45) is 0 Å². The molecule has 3 nitrogen and oxygen atoms in total. The van der Waals surface area contributed by atoms with Crippen LogP contribution < -0.4 is 11.1 Å². The lowest BCUT2D eigenvalue weighted by Crippen LogP contribution is -2.07. The summed E-state index contributed by atoms with van der Waals surface area (Å²) in [5, 5.41) is 2.99.